The molecule has 0 heterocycles. The molecule has 156 valence electrons. The van der Waals surface area contributed by atoms with Crippen molar-refractivity contribution in [3.05, 3.63) is 24.3 Å². The minimum absolute atomic E-state index is 0.444. The van der Waals surface area contributed by atoms with E-state index in [1.54, 1.807) is 0 Å². The van der Waals surface area contributed by atoms with E-state index in [2.05, 4.69) is 93.5 Å². The van der Waals surface area contributed by atoms with Gasteiger partial charge in [0, 0.05) is 5.75 Å². The number of hydrogen-bond donors (Lipinski definition) is 0. The van der Waals surface area contributed by atoms with Crippen LogP contribution < -0.4 is 0 Å². The molecular formula is C24H48S2. The molecule has 0 aliphatic rings. The quantitative estimate of drug-likeness (QED) is 0.265. The highest BCUT2D eigenvalue weighted by Crippen LogP contribution is 2.20. The zero-order valence-electron chi connectivity index (χ0n) is 19.5. The van der Waals surface area contributed by atoms with Gasteiger partial charge in [-0.1, -0.05) is 93.5 Å². The first-order chi connectivity index (χ1) is 11.8. The molecule has 26 heavy (non-hydrogen) atoms. The predicted molar refractivity (Wildman–Crippen MR) is 131 cm³/mol. The smallest absolute Gasteiger partial charge is 0.0113 e. The van der Waals surface area contributed by atoms with Crippen molar-refractivity contribution in [1.82, 2.24) is 0 Å². The average molecular weight is 401 g/mol. The van der Waals surface area contributed by atoms with E-state index in [1.165, 1.54) is 36.5 Å². The highest BCUT2D eigenvalue weighted by Gasteiger charge is 2.06. The standard InChI is InChI=1S/2C12H24S/c1-11(2)10-13-9-7-6-8-12(3,4)5;1-11(2)13-10-8-6-7-9-12(3,4)5/h2*6-7,11H,8-10H2,1-5H3/b2*7-6-. The van der Waals surface area contributed by atoms with E-state index in [0.717, 1.165) is 11.2 Å². The van der Waals surface area contributed by atoms with Crippen LogP contribution in [0.4, 0.5) is 0 Å². The molecule has 0 unspecified atom stereocenters. The summed E-state index contributed by atoms with van der Waals surface area (Å²) >= 11 is 4.06. The van der Waals surface area contributed by atoms with E-state index in [1.807, 2.05) is 23.5 Å². The summed E-state index contributed by atoms with van der Waals surface area (Å²) in [5.41, 5.74) is 0.890. The summed E-state index contributed by atoms with van der Waals surface area (Å²) in [6.45, 7) is 22.7. The molecule has 0 aromatic heterocycles. The Morgan fingerprint density at radius 2 is 1.23 bits per heavy atom. The summed E-state index contributed by atoms with van der Waals surface area (Å²) in [5, 5.41) is 0.774. The van der Waals surface area contributed by atoms with Crippen molar-refractivity contribution in [2.45, 2.75) is 93.7 Å². The first-order valence-corrected chi connectivity index (χ1v) is 12.5. The van der Waals surface area contributed by atoms with Crippen molar-refractivity contribution in [3.63, 3.8) is 0 Å². The lowest BCUT2D eigenvalue weighted by molar-refractivity contribution is 0.420. The van der Waals surface area contributed by atoms with E-state index >= 15 is 0 Å². The van der Waals surface area contributed by atoms with E-state index in [4.69, 9.17) is 0 Å². The molecule has 0 rings (SSSR count). The second kappa shape index (κ2) is 16.2. The fraction of sp³-hybridized carbons (Fsp3) is 0.833. The molecule has 0 amide bonds. The van der Waals surface area contributed by atoms with Gasteiger partial charge in [0.05, 0.1) is 0 Å². The molecule has 0 aliphatic carbocycles. The van der Waals surface area contributed by atoms with Gasteiger partial charge in [-0.15, -0.1) is 0 Å². The van der Waals surface area contributed by atoms with Gasteiger partial charge in [0.25, 0.3) is 0 Å². The number of hydrogen-bond acceptors (Lipinski definition) is 2. The third-order valence-corrected chi connectivity index (χ3v) is 5.66. The molecule has 0 aromatic carbocycles. The molecule has 0 aliphatic heterocycles. The molecule has 0 atom stereocenters. The zero-order valence-corrected chi connectivity index (χ0v) is 21.2. The Bertz CT molecular complexity index is 315. The predicted octanol–water partition coefficient (Wildman–Crippen LogP) is 8.88. The summed E-state index contributed by atoms with van der Waals surface area (Å²) < 4.78 is 0. The molecule has 0 fully saturated rings. The Morgan fingerprint density at radius 1 is 0.731 bits per heavy atom. The average Bonchev–Trinajstić information content (AvgIpc) is 2.44. The van der Waals surface area contributed by atoms with Gasteiger partial charge in [-0.2, -0.15) is 23.5 Å². The Labute approximate surface area is 175 Å². The van der Waals surface area contributed by atoms with E-state index < -0.39 is 0 Å². The van der Waals surface area contributed by atoms with Gasteiger partial charge in [0.15, 0.2) is 0 Å². The van der Waals surface area contributed by atoms with Crippen molar-refractivity contribution >= 4 is 23.5 Å². The van der Waals surface area contributed by atoms with E-state index in [0.29, 0.717) is 10.8 Å². The van der Waals surface area contributed by atoms with Crippen molar-refractivity contribution in [3.8, 4) is 0 Å². The molecule has 2 heteroatoms. The summed E-state index contributed by atoms with van der Waals surface area (Å²) in [7, 11) is 0. The third kappa shape index (κ3) is 31.9. The fourth-order valence-corrected chi connectivity index (χ4v) is 3.43. The first-order valence-electron chi connectivity index (χ1n) is 10.3. The van der Waals surface area contributed by atoms with Crippen LogP contribution in [0.1, 0.15) is 88.5 Å². The highest BCUT2D eigenvalue weighted by molar-refractivity contribution is 7.99. The van der Waals surface area contributed by atoms with Crippen molar-refractivity contribution in [1.29, 1.82) is 0 Å². The Kier molecular flexibility index (Phi) is 17.6. The Hall–Kier alpha value is 0.180. The monoisotopic (exact) mass is 400 g/mol. The van der Waals surface area contributed by atoms with Crippen LogP contribution in [0.2, 0.25) is 0 Å². The van der Waals surface area contributed by atoms with Gasteiger partial charge < -0.3 is 0 Å². The lowest BCUT2D eigenvalue weighted by Crippen LogP contribution is -2.01. The summed E-state index contributed by atoms with van der Waals surface area (Å²) in [5.74, 6) is 4.54. The van der Waals surface area contributed by atoms with Crippen LogP contribution in [0.5, 0.6) is 0 Å². The maximum Gasteiger partial charge on any atom is 0.0113 e. The molecule has 0 saturated carbocycles. The van der Waals surface area contributed by atoms with E-state index in [9.17, 15) is 0 Å². The van der Waals surface area contributed by atoms with Gasteiger partial charge in [-0.25, -0.2) is 0 Å². The Balaban J connectivity index is 0. The maximum absolute atomic E-state index is 2.32. The highest BCUT2D eigenvalue weighted by atomic mass is 32.2. The van der Waals surface area contributed by atoms with Gasteiger partial charge in [-0.3, -0.25) is 0 Å². The van der Waals surface area contributed by atoms with Crippen molar-refractivity contribution < 1.29 is 0 Å². The SMILES string of the molecule is CC(C)CSC/C=C\CC(C)(C)C.CC(C)SCC/C=C\CC(C)(C)C. The minimum atomic E-state index is 0.444. The largest absolute Gasteiger partial charge is 0.159 e. The molecule has 0 radical (unpaired) electrons. The molecule has 0 N–H and O–H groups in total. The van der Waals surface area contributed by atoms with Crippen LogP contribution in [0.25, 0.3) is 0 Å². The van der Waals surface area contributed by atoms with Crippen molar-refractivity contribution in [2.75, 3.05) is 17.3 Å². The maximum atomic E-state index is 2.32. The normalized spacial score (nSPS) is 13.1. The minimum Gasteiger partial charge on any atom is -0.159 e. The number of thioether (sulfide) groups is 2. The topological polar surface area (TPSA) is 0 Å². The summed E-state index contributed by atoms with van der Waals surface area (Å²) in [6, 6.07) is 0. The van der Waals surface area contributed by atoms with Gasteiger partial charge in [0.2, 0.25) is 0 Å². The van der Waals surface area contributed by atoms with E-state index in [-0.39, 0.29) is 0 Å². The van der Waals surface area contributed by atoms with Crippen LogP contribution in [0, 0.1) is 16.7 Å². The van der Waals surface area contributed by atoms with Crippen LogP contribution in [0.15, 0.2) is 24.3 Å². The molecule has 0 aromatic rings. The number of allylic oxidation sites excluding steroid dienone is 3. The second-order valence-electron chi connectivity index (χ2n) is 10.1. The zero-order chi connectivity index (χ0) is 20.6. The van der Waals surface area contributed by atoms with Crippen LogP contribution in [0.3, 0.4) is 0 Å². The van der Waals surface area contributed by atoms with Crippen LogP contribution in [-0.4, -0.2) is 22.5 Å². The van der Waals surface area contributed by atoms with Gasteiger partial charge in [0.1, 0.15) is 0 Å². The first kappa shape index (κ1) is 28.4. The van der Waals surface area contributed by atoms with Crippen molar-refractivity contribution in [2.24, 2.45) is 16.7 Å². The van der Waals surface area contributed by atoms with Crippen LogP contribution >= 0.6 is 23.5 Å². The fourth-order valence-electron chi connectivity index (χ4n) is 1.80. The lowest BCUT2D eigenvalue weighted by Gasteiger charge is -2.14. The van der Waals surface area contributed by atoms with Gasteiger partial charge in [-0.05, 0) is 52.8 Å². The van der Waals surface area contributed by atoms with Gasteiger partial charge >= 0.3 is 0 Å². The molecule has 0 spiro atoms. The molecule has 0 saturated heterocycles. The Morgan fingerprint density at radius 3 is 1.65 bits per heavy atom. The summed E-state index contributed by atoms with van der Waals surface area (Å²) in [6.07, 6.45) is 12.9. The second-order valence-corrected chi connectivity index (χ2v) is 12.9. The third-order valence-electron chi connectivity index (χ3n) is 3.19. The lowest BCUT2D eigenvalue weighted by atomic mass is 9.92. The van der Waals surface area contributed by atoms with Crippen LogP contribution in [-0.2, 0) is 0 Å². The summed E-state index contributed by atoms with van der Waals surface area (Å²) in [4.78, 5) is 0. The molecule has 0 bridgehead atoms. The molecular weight excluding hydrogens is 352 g/mol. The number of rotatable bonds is 10. The molecule has 0 nitrogen and oxygen atoms in total.